The molecule has 2 aromatic rings. The molecular formula is C11H9ClFNO. The summed E-state index contributed by atoms with van der Waals surface area (Å²) in [6, 6.07) is 2.39. The third kappa shape index (κ3) is 1.53. The summed E-state index contributed by atoms with van der Waals surface area (Å²) >= 11 is 5.85. The van der Waals surface area contributed by atoms with Crippen molar-refractivity contribution in [3.8, 4) is 0 Å². The smallest absolute Gasteiger partial charge is 0.192 e. The lowest BCUT2D eigenvalue weighted by atomic mass is 10.1. The van der Waals surface area contributed by atoms with E-state index in [4.69, 9.17) is 11.6 Å². The maximum absolute atomic E-state index is 13.1. The number of pyridine rings is 1. The van der Waals surface area contributed by atoms with E-state index in [1.807, 2.05) is 0 Å². The number of rotatable bonds is 0. The number of hydrogen-bond acceptors (Lipinski definition) is 1. The number of aromatic nitrogens is 1. The van der Waals surface area contributed by atoms with Gasteiger partial charge in [-0.25, -0.2) is 4.39 Å². The predicted octanol–water partition coefficient (Wildman–Crippen LogP) is 2.94. The second-order valence-corrected chi connectivity index (χ2v) is 3.92. The Morgan fingerprint density at radius 1 is 1.33 bits per heavy atom. The first-order chi connectivity index (χ1) is 7.00. The SMILES string of the molecule is Cc1[nH]c2c(Cl)cc(F)cc2c(=O)c1C. The average molecular weight is 226 g/mol. The topological polar surface area (TPSA) is 32.9 Å². The van der Waals surface area contributed by atoms with Crippen LogP contribution in [-0.2, 0) is 0 Å². The molecule has 0 atom stereocenters. The van der Waals surface area contributed by atoms with E-state index in [9.17, 15) is 9.18 Å². The van der Waals surface area contributed by atoms with Gasteiger partial charge in [-0.3, -0.25) is 4.79 Å². The van der Waals surface area contributed by atoms with Gasteiger partial charge in [0, 0.05) is 11.3 Å². The van der Waals surface area contributed by atoms with E-state index in [1.165, 1.54) is 12.1 Å². The fourth-order valence-corrected chi connectivity index (χ4v) is 1.79. The molecule has 0 saturated carbocycles. The molecule has 78 valence electrons. The minimum Gasteiger partial charge on any atom is -0.357 e. The van der Waals surface area contributed by atoms with Gasteiger partial charge >= 0.3 is 0 Å². The fourth-order valence-electron chi connectivity index (χ4n) is 1.53. The lowest BCUT2D eigenvalue weighted by Gasteiger charge is -2.05. The Labute approximate surface area is 90.7 Å². The first-order valence-corrected chi connectivity index (χ1v) is 4.86. The molecule has 0 aliphatic carbocycles. The molecule has 0 aliphatic rings. The van der Waals surface area contributed by atoms with E-state index in [0.717, 1.165) is 5.69 Å². The molecule has 1 N–H and O–H groups in total. The Balaban J connectivity index is 3.06. The third-order valence-electron chi connectivity index (χ3n) is 2.52. The van der Waals surface area contributed by atoms with E-state index in [1.54, 1.807) is 13.8 Å². The maximum Gasteiger partial charge on any atom is 0.192 e. The zero-order valence-electron chi connectivity index (χ0n) is 8.32. The minimum absolute atomic E-state index is 0.178. The van der Waals surface area contributed by atoms with Gasteiger partial charge < -0.3 is 4.98 Å². The predicted molar refractivity (Wildman–Crippen MR) is 59.0 cm³/mol. The third-order valence-corrected chi connectivity index (χ3v) is 2.81. The molecule has 1 heterocycles. The Morgan fingerprint density at radius 2 is 2.00 bits per heavy atom. The Hall–Kier alpha value is -1.35. The molecule has 0 radical (unpaired) electrons. The zero-order valence-corrected chi connectivity index (χ0v) is 9.07. The van der Waals surface area contributed by atoms with Crippen molar-refractivity contribution < 1.29 is 4.39 Å². The molecule has 0 fully saturated rings. The zero-order chi connectivity index (χ0) is 11.2. The van der Waals surface area contributed by atoms with Crippen molar-refractivity contribution in [3.05, 3.63) is 44.5 Å². The maximum atomic E-state index is 13.1. The summed E-state index contributed by atoms with van der Waals surface area (Å²) in [5.74, 6) is -0.499. The standard InChI is InChI=1S/C11H9ClFNO/c1-5-6(2)14-10-8(11(5)15)3-7(13)4-9(10)12/h3-4H,1-2H3,(H,14,15). The van der Waals surface area contributed by atoms with Crippen molar-refractivity contribution in [1.29, 1.82) is 0 Å². The lowest BCUT2D eigenvalue weighted by Crippen LogP contribution is -2.10. The Morgan fingerprint density at radius 3 is 2.67 bits per heavy atom. The first-order valence-electron chi connectivity index (χ1n) is 4.49. The molecule has 15 heavy (non-hydrogen) atoms. The molecule has 0 unspecified atom stereocenters. The van der Waals surface area contributed by atoms with Gasteiger partial charge in [0.25, 0.3) is 0 Å². The Kier molecular flexibility index (Phi) is 2.27. The summed E-state index contributed by atoms with van der Waals surface area (Å²) in [5.41, 5.74) is 1.65. The van der Waals surface area contributed by atoms with Crippen molar-refractivity contribution in [3.63, 3.8) is 0 Å². The summed E-state index contributed by atoms with van der Waals surface area (Å²) in [7, 11) is 0. The molecular weight excluding hydrogens is 217 g/mol. The molecule has 1 aromatic heterocycles. The van der Waals surface area contributed by atoms with Gasteiger partial charge in [0.05, 0.1) is 15.9 Å². The van der Waals surface area contributed by atoms with Gasteiger partial charge in [0.1, 0.15) is 5.82 Å². The van der Waals surface area contributed by atoms with Crippen LogP contribution in [0.3, 0.4) is 0 Å². The largest absolute Gasteiger partial charge is 0.357 e. The van der Waals surface area contributed by atoms with E-state index in [0.29, 0.717) is 16.5 Å². The molecule has 1 aromatic carbocycles. The Bertz CT molecular complexity index is 604. The number of H-pyrrole nitrogens is 1. The van der Waals surface area contributed by atoms with Crippen LogP contribution in [0.5, 0.6) is 0 Å². The monoisotopic (exact) mass is 225 g/mol. The van der Waals surface area contributed by atoms with Crippen LogP contribution in [-0.4, -0.2) is 4.98 Å². The van der Waals surface area contributed by atoms with Crippen molar-refractivity contribution in [2.75, 3.05) is 0 Å². The first kappa shape index (κ1) is 10.2. The summed E-state index contributed by atoms with van der Waals surface area (Å²) in [4.78, 5) is 14.8. The molecule has 4 heteroatoms. The van der Waals surface area contributed by atoms with Crippen LogP contribution in [0, 0.1) is 19.7 Å². The van der Waals surface area contributed by atoms with Crippen LogP contribution in [0.2, 0.25) is 5.02 Å². The van der Waals surface area contributed by atoms with Gasteiger partial charge in [0.15, 0.2) is 5.43 Å². The molecule has 0 spiro atoms. The summed E-state index contributed by atoms with van der Waals surface area (Å²) in [5, 5.41) is 0.522. The average Bonchev–Trinajstić information content (AvgIpc) is 2.17. The van der Waals surface area contributed by atoms with Gasteiger partial charge in [0.2, 0.25) is 0 Å². The van der Waals surface area contributed by atoms with Gasteiger partial charge in [-0.1, -0.05) is 11.6 Å². The van der Waals surface area contributed by atoms with Crippen LogP contribution in [0.4, 0.5) is 4.39 Å². The number of hydrogen-bond donors (Lipinski definition) is 1. The number of halogens is 2. The highest BCUT2D eigenvalue weighted by molar-refractivity contribution is 6.35. The highest BCUT2D eigenvalue weighted by Gasteiger charge is 2.09. The quantitative estimate of drug-likeness (QED) is 0.735. The second kappa shape index (κ2) is 3.35. The summed E-state index contributed by atoms with van der Waals surface area (Å²) in [6.45, 7) is 3.49. The van der Waals surface area contributed by atoms with Crippen molar-refractivity contribution in [2.45, 2.75) is 13.8 Å². The van der Waals surface area contributed by atoms with Crippen LogP contribution in [0.1, 0.15) is 11.3 Å². The number of nitrogens with one attached hydrogen (secondary N) is 1. The van der Waals surface area contributed by atoms with Crippen molar-refractivity contribution in [2.24, 2.45) is 0 Å². The fraction of sp³-hybridized carbons (Fsp3) is 0.182. The number of aryl methyl sites for hydroxylation is 1. The molecule has 2 nitrogen and oxygen atoms in total. The second-order valence-electron chi connectivity index (χ2n) is 3.51. The minimum atomic E-state index is -0.499. The summed E-state index contributed by atoms with van der Waals surface area (Å²) < 4.78 is 13.1. The highest BCUT2D eigenvalue weighted by Crippen LogP contribution is 2.21. The molecule has 0 amide bonds. The van der Waals surface area contributed by atoms with Crippen LogP contribution in [0.25, 0.3) is 10.9 Å². The van der Waals surface area contributed by atoms with Gasteiger partial charge in [-0.15, -0.1) is 0 Å². The number of aromatic amines is 1. The molecule has 0 bridgehead atoms. The van der Waals surface area contributed by atoms with Gasteiger partial charge in [-0.05, 0) is 26.0 Å². The van der Waals surface area contributed by atoms with E-state index in [-0.39, 0.29) is 10.5 Å². The van der Waals surface area contributed by atoms with Gasteiger partial charge in [-0.2, -0.15) is 0 Å². The number of fused-ring (bicyclic) bond motifs is 1. The van der Waals surface area contributed by atoms with Crippen LogP contribution >= 0.6 is 11.6 Å². The molecule has 0 saturated heterocycles. The van der Waals surface area contributed by atoms with E-state index < -0.39 is 5.82 Å². The summed E-state index contributed by atoms with van der Waals surface area (Å²) in [6.07, 6.45) is 0. The van der Waals surface area contributed by atoms with Crippen molar-refractivity contribution in [1.82, 2.24) is 4.98 Å². The number of benzene rings is 1. The molecule has 2 rings (SSSR count). The van der Waals surface area contributed by atoms with E-state index >= 15 is 0 Å². The van der Waals surface area contributed by atoms with Crippen LogP contribution in [0.15, 0.2) is 16.9 Å². The van der Waals surface area contributed by atoms with E-state index in [2.05, 4.69) is 4.98 Å². The normalized spacial score (nSPS) is 10.9. The van der Waals surface area contributed by atoms with Crippen molar-refractivity contribution >= 4 is 22.5 Å². The lowest BCUT2D eigenvalue weighted by molar-refractivity contribution is 0.629. The highest BCUT2D eigenvalue weighted by atomic mass is 35.5. The molecule has 0 aliphatic heterocycles. The van der Waals surface area contributed by atoms with Crippen LogP contribution < -0.4 is 5.43 Å².